The highest BCUT2D eigenvalue weighted by atomic mass is 16.4. The lowest BCUT2D eigenvalue weighted by Gasteiger charge is -2.26. The summed E-state index contributed by atoms with van der Waals surface area (Å²) < 4.78 is 0. The molecule has 4 heteroatoms. The molecule has 0 heterocycles. The first-order valence-electron chi connectivity index (χ1n) is 7.02. The van der Waals surface area contributed by atoms with Crippen LogP contribution in [-0.4, -0.2) is 22.5 Å². The molecule has 0 aromatic heterocycles. The fourth-order valence-electron chi connectivity index (χ4n) is 2.10. The third-order valence-electron chi connectivity index (χ3n) is 3.79. The Morgan fingerprint density at radius 1 is 1.25 bits per heavy atom. The highest BCUT2D eigenvalue weighted by Crippen LogP contribution is 2.23. The molecular weight excluding hydrogens is 254 g/mol. The van der Waals surface area contributed by atoms with E-state index in [9.17, 15) is 14.7 Å². The van der Waals surface area contributed by atoms with Crippen LogP contribution in [0.4, 0.5) is 0 Å². The molecule has 0 saturated carbocycles. The summed E-state index contributed by atoms with van der Waals surface area (Å²) in [7, 11) is 0. The second-order valence-electron chi connectivity index (χ2n) is 5.26. The smallest absolute Gasteiger partial charge is 0.329 e. The van der Waals surface area contributed by atoms with Crippen LogP contribution in [0, 0.1) is 0 Å². The number of carbonyl (C=O) groups is 2. The summed E-state index contributed by atoms with van der Waals surface area (Å²) >= 11 is 0. The molecule has 2 unspecified atom stereocenters. The zero-order valence-electron chi connectivity index (χ0n) is 12.3. The number of aliphatic carboxylic acids is 1. The van der Waals surface area contributed by atoms with Gasteiger partial charge in [-0.1, -0.05) is 44.2 Å². The molecule has 4 nitrogen and oxygen atoms in total. The van der Waals surface area contributed by atoms with Gasteiger partial charge in [-0.3, -0.25) is 4.79 Å². The van der Waals surface area contributed by atoms with Crippen LogP contribution in [0.2, 0.25) is 0 Å². The Kier molecular flexibility index (Phi) is 5.74. The SMILES string of the molecule is CCC(CC(=O)NC(C)(CC)C(=O)O)c1ccccc1. The average molecular weight is 277 g/mol. The Morgan fingerprint density at radius 3 is 2.30 bits per heavy atom. The Hall–Kier alpha value is -1.84. The van der Waals surface area contributed by atoms with Gasteiger partial charge >= 0.3 is 5.97 Å². The molecular formula is C16H23NO3. The number of benzene rings is 1. The van der Waals surface area contributed by atoms with Gasteiger partial charge in [0.25, 0.3) is 0 Å². The van der Waals surface area contributed by atoms with E-state index >= 15 is 0 Å². The van der Waals surface area contributed by atoms with Crippen molar-refractivity contribution in [3.63, 3.8) is 0 Å². The first-order valence-corrected chi connectivity index (χ1v) is 7.02. The van der Waals surface area contributed by atoms with Crippen LogP contribution in [0.1, 0.15) is 51.5 Å². The zero-order valence-corrected chi connectivity index (χ0v) is 12.3. The molecule has 0 aliphatic heterocycles. The Balaban J connectivity index is 2.72. The molecule has 1 amide bonds. The maximum absolute atomic E-state index is 12.1. The molecule has 0 saturated heterocycles. The van der Waals surface area contributed by atoms with E-state index in [1.54, 1.807) is 6.92 Å². The number of hydrogen-bond acceptors (Lipinski definition) is 2. The van der Waals surface area contributed by atoms with Crippen LogP contribution in [0.5, 0.6) is 0 Å². The highest BCUT2D eigenvalue weighted by Gasteiger charge is 2.33. The van der Waals surface area contributed by atoms with Crippen LogP contribution in [0.3, 0.4) is 0 Å². The van der Waals surface area contributed by atoms with E-state index in [-0.39, 0.29) is 11.8 Å². The van der Waals surface area contributed by atoms with Crippen molar-refractivity contribution < 1.29 is 14.7 Å². The summed E-state index contributed by atoms with van der Waals surface area (Å²) in [6.07, 6.45) is 1.51. The zero-order chi connectivity index (χ0) is 15.2. The predicted molar refractivity (Wildman–Crippen MR) is 78.6 cm³/mol. The lowest BCUT2D eigenvalue weighted by molar-refractivity contribution is -0.147. The molecule has 1 aromatic rings. The average Bonchev–Trinajstić information content (AvgIpc) is 2.45. The van der Waals surface area contributed by atoms with Crippen LogP contribution in [-0.2, 0) is 9.59 Å². The van der Waals surface area contributed by atoms with E-state index in [0.717, 1.165) is 12.0 Å². The minimum atomic E-state index is -1.19. The second kappa shape index (κ2) is 7.08. The predicted octanol–water partition coefficient (Wildman–Crippen LogP) is 2.94. The van der Waals surface area contributed by atoms with Crippen LogP contribution in [0.15, 0.2) is 30.3 Å². The largest absolute Gasteiger partial charge is 0.480 e. The summed E-state index contributed by atoms with van der Waals surface area (Å²) in [5.41, 5.74) is -0.0785. The van der Waals surface area contributed by atoms with Gasteiger partial charge in [0.1, 0.15) is 5.54 Å². The third-order valence-corrected chi connectivity index (χ3v) is 3.79. The standard InChI is InChI=1S/C16H23NO3/c1-4-12(13-9-7-6-8-10-13)11-14(18)17-16(3,5-2)15(19)20/h6-10,12H,4-5,11H2,1-3H3,(H,17,18)(H,19,20). The summed E-state index contributed by atoms with van der Waals surface area (Å²) in [6.45, 7) is 5.32. The van der Waals surface area contributed by atoms with Crippen molar-refractivity contribution >= 4 is 11.9 Å². The van der Waals surface area contributed by atoms with Crippen molar-refractivity contribution in [3.8, 4) is 0 Å². The second-order valence-corrected chi connectivity index (χ2v) is 5.26. The van der Waals surface area contributed by atoms with E-state index in [1.165, 1.54) is 6.92 Å². The number of rotatable bonds is 7. The number of hydrogen-bond donors (Lipinski definition) is 2. The molecule has 2 N–H and O–H groups in total. The van der Waals surface area contributed by atoms with Crippen molar-refractivity contribution in [2.45, 2.75) is 51.5 Å². The Morgan fingerprint density at radius 2 is 1.85 bits per heavy atom. The minimum Gasteiger partial charge on any atom is -0.480 e. The van der Waals surface area contributed by atoms with Crippen molar-refractivity contribution in [1.29, 1.82) is 0 Å². The van der Waals surface area contributed by atoms with Crippen molar-refractivity contribution in [3.05, 3.63) is 35.9 Å². The van der Waals surface area contributed by atoms with E-state index in [2.05, 4.69) is 5.32 Å². The van der Waals surface area contributed by atoms with E-state index in [0.29, 0.717) is 12.8 Å². The minimum absolute atomic E-state index is 0.117. The molecule has 1 rings (SSSR count). The number of carbonyl (C=O) groups excluding carboxylic acids is 1. The number of carboxylic acid groups (broad SMARTS) is 1. The van der Waals surface area contributed by atoms with E-state index in [4.69, 9.17) is 0 Å². The molecule has 20 heavy (non-hydrogen) atoms. The van der Waals surface area contributed by atoms with Crippen LogP contribution < -0.4 is 5.32 Å². The van der Waals surface area contributed by atoms with Crippen molar-refractivity contribution in [1.82, 2.24) is 5.32 Å². The van der Waals surface area contributed by atoms with Gasteiger partial charge in [-0.25, -0.2) is 4.79 Å². The topological polar surface area (TPSA) is 66.4 Å². The number of nitrogens with one attached hydrogen (secondary N) is 1. The fourth-order valence-corrected chi connectivity index (χ4v) is 2.10. The van der Waals surface area contributed by atoms with Crippen molar-refractivity contribution in [2.24, 2.45) is 0 Å². The molecule has 0 bridgehead atoms. The monoisotopic (exact) mass is 277 g/mol. The highest BCUT2D eigenvalue weighted by molar-refractivity contribution is 5.86. The fraction of sp³-hybridized carbons (Fsp3) is 0.500. The lowest BCUT2D eigenvalue weighted by Crippen LogP contribution is -2.51. The van der Waals surface area contributed by atoms with Crippen LogP contribution >= 0.6 is 0 Å². The lowest BCUT2D eigenvalue weighted by atomic mass is 9.92. The molecule has 0 radical (unpaired) electrons. The van der Waals surface area contributed by atoms with Gasteiger partial charge in [0, 0.05) is 6.42 Å². The molecule has 110 valence electrons. The maximum atomic E-state index is 12.1. The number of amides is 1. The van der Waals surface area contributed by atoms with E-state index < -0.39 is 11.5 Å². The Bertz CT molecular complexity index is 458. The van der Waals surface area contributed by atoms with Gasteiger partial charge in [0.15, 0.2) is 0 Å². The maximum Gasteiger partial charge on any atom is 0.329 e. The number of carboxylic acids is 1. The van der Waals surface area contributed by atoms with Gasteiger partial charge in [-0.2, -0.15) is 0 Å². The summed E-state index contributed by atoms with van der Waals surface area (Å²) in [5, 5.41) is 11.8. The molecule has 0 aliphatic rings. The van der Waals surface area contributed by atoms with Crippen molar-refractivity contribution in [2.75, 3.05) is 0 Å². The van der Waals surface area contributed by atoms with Gasteiger partial charge in [0.2, 0.25) is 5.91 Å². The first kappa shape index (κ1) is 16.2. The molecule has 0 aliphatic carbocycles. The molecule has 1 aromatic carbocycles. The van der Waals surface area contributed by atoms with Gasteiger partial charge < -0.3 is 10.4 Å². The summed E-state index contributed by atoms with van der Waals surface area (Å²) in [6, 6.07) is 9.83. The van der Waals surface area contributed by atoms with Gasteiger partial charge in [0.05, 0.1) is 0 Å². The van der Waals surface area contributed by atoms with Crippen LogP contribution in [0.25, 0.3) is 0 Å². The Labute approximate surface area is 120 Å². The first-order chi connectivity index (χ1) is 9.42. The normalized spacial score (nSPS) is 15.2. The summed E-state index contributed by atoms with van der Waals surface area (Å²) in [5.74, 6) is -1.10. The molecule has 0 fully saturated rings. The quantitative estimate of drug-likeness (QED) is 0.805. The summed E-state index contributed by atoms with van der Waals surface area (Å²) in [4.78, 5) is 23.3. The molecule has 0 spiro atoms. The van der Waals surface area contributed by atoms with Gasteiger partial charge in [-0.15, -0.1) is 0 Å². The molecule has 2 atom stereocenters. The third kappa shape index (κ3) is 4.08. The van der Waals surface area contributed by atoms with Gasteiger partial charge in [-0.05, 0) is 31.2 Å². The van der Waals surface area contributed by atoms with E-state index in [1.807, 2.05) is 37.3 Å².